The summed E-state index contributed by atoms with van der Waals surface area (Å²) in [5.41, 5.74) is 1.90. The van der Waals surface area contributed by atoms with E-state index in [0.717, 1.165) is 19.3 Å². The summed E-state index contributed by atoms with van der Waals surface area (Å²) in [6, 6.07) is 13.0. The highest BCUT2D eigenvalue weighted by molar-refractivity contribution is 7.97. The minimum absolute atomic E-state index is 0.145. The van der Waals surface area contributed by atoms with Crippen molar-refractivity contribution in [2.45, 2.75) is 38.0 Å². The molecular formula is C22H24F2N2S. The van der Waals surface area contributed by atoms with Crippen molar-refractivity contribution < 1.29 is 8.78 Å². The number of halogens is 2. The number of hydrogen-bond acceptors (Lipinski definition) is 2. The largest absolute Gasteiger partial charge is 0.243 e. The highest BCUT2D eigenvalue weighted by atomic mass is 32.2. The molecule has 2 aromatic rings. The van der Waals surface area contributed by atoms with E-state index in [1.165, 1.54) is 48.6 Å². The van der Waals surface area contributed by atoms with Gasteiger partial charge in [-0.2, -0.15) is 0 Å². The zero-order valence-electron chi connectivity index (χ0n) is 15.4. The zero-order chi connectivity index (χ0) is 19.1. The minimum atomic E-state index is -0.445. The molecule has 0 spiro atoms. The van der Waals surface area contributed by atoms with Crippen molar-refractivity contribution in [3.05, 3.63) is 70.8 Å². The van der Waals surface area contributed by atoms with Gasteiger partial charge in [0, 0.05) is 18.0 Å². The van der Waals surface area contributed by atoms with E-state index >= 15 is 0 Å². The Kier molecular flexibility index (Phi) is 7.16. The Morgan fingerprint density at radius 1 is 1.07 bits per heavy atom. The third kappa shape index (κ3) is 5.25. The Morgan fingerprint density at radius 3 is 2.63 bits per heavy atom. The Balaban J connectivity index is 1.78. The second-order valence-electron chi connectivity index (χ2n) is 6.91. The van der Waals surface area contributed by atoms with E-state index in [2.05, 4.69) is 33.7 Å². The quantitative estimate of drug-likeness (QED) is 0.329. The smallest absolute Gasteiger partial charge is 0.132 e. The average Bonchev–Trinajstić information content (AvgIpc) is 2.70. The lowest BCUT2D eigenvalue weighted by Gasteiger charge is -2.32. The first kappa shape index (κ1) is 19.7. The van der Waals surface area contributed by atoms with Gasteiger partial charge < -0.3 is 0 Å². The van der Waals surface area contributed by atoms with Gasteiger partial charge in [-0.25, -0.2) is 18.2 Å². The first-order chi connectivity index (χ1) is 13.2. The summed E-state index contributed by atoms with van der Waals surface area (Å²) >= 11 is 1.25. The summed E-state index contributed by atoms with van der Waals surface area (Å²) in [5, 5.41) is 0. The van der Waals surface area contributed by atoms with Gasteiger partial charge in [-0.1, -0.05) is 43.2 Å². The molecule has 0 amide bonds. The molecule has 2 atom stereocenters. The fourth-order valence-corrected chi connectivity index (χ4v) is 4.07. The molecule has 0 saturated heterocycles. The van der Waals surface area contributed by atoms with E-state index in [0.29, 0.717) is 23.8 Å². The highest BCUT2D eigenvalue weighted by Crippen LogP contribution is 2.40. The molecule has 1 aliphatic rings. The van der Waals surface area contributed by atoms with Crippen LogP contribution in [0.15, 0.2) is 51.9 Å². The maximum atomic E-state index is 14.6. The summed E-state index contributed by atoms with van der Waals surface area (Å²) in [6.07, 6.45) is 9.49. The molecule has 2 nitrogen and oxygen atoms in total. The predicted octanol–water partition coefficient (Wildman–Crippen LogP) is 6.21. The van der Waals surface area contributed by atoms with Gasteiger partial charge in [0.2, 0.25) is 0 Å². The Hall–Kier alpha value is -2.01. The van der Waals surface area contributed by atoms with Gasteiger partial charge in [-0.3, -0.25) is 0 Å². The molecule has 3 rings (SSSR count). The number of nitrogens with zero attached hydrogens (tertiary/aromatic N) is 2. The average molecular weight is 387 g/mol. The number of rotatable bonds is 6. The summed E-state index contributed by atoms with van der Waals surface area (Å²) in [6.45, 7) is 0. The maximum Gasteiger partial charge on any atom is 0.132 e. The maximum absolute atomic E-state index is 14.6. The summed E-state index contributed by atoms with van der Waals surface area (Å²) in [7, 11) is 0. The van der Waals surface area contributed by atoms with Crippen LogP contribution in [0.4, 0.5) is 8.78 Å². The van der Waals surface area contributed by atoms with Crippen LogP contribution >= 0.6 is 11.9 Å². The highest BCUT2D eigenvalue weighted by Gasteiger charge is 2.27. The van der Waals surface area contributed by atoms with Gasteiger partial charge in [0.1, 0.15) is 18.0 Å². The van der Waals surface area contributed by atoms with E-state index < -0.39 is 5.82 Å². The molecule has 0 heterocycles. The van der Waals surface area contributed by atoms with Crippen molar-refractivity contribution in [2.24, 2.45) is 15.3 Å². The van der Waals surface area contributed by atoms with Crippen molar-refractivity contribution in [3.63, 3.8) is 0 Å². The molecule has 5 heteroatoms. The Labute approximate surface area is 164 Å². The van der Waals surface area contributed by atoms with Crippen LogP contribution in [0.5, 0.6) is 0 Å². The molecule has 1 fully saturated rings. The van der Waals surface area contributed by atoms with E-state index in [-0.39, 0.29) is 11.4 Å². The summed E-state index contributed by atoms with van der Waals surface area (Å²) < 4.78 is 32.9. The van der Waals surface area contributed by atoms with Gasteiger partial charge in [-0.05, 0) is 66.3 Å². The molecule has 1 saturated carbocycles. The van der Waals surface area contributed by atoms with Gasteiger partial charge >= 0.3 is 0 Å². The SMILES string of the molecule is CS/N=C\N=C\c1cc(F)c(CC2CCCCC2c2ccccc2)cc1F. The van der Waals surface area contributed by atoms with Crippen LogP contribution in [-0.2, 0) is 6.42 Å². The number of benzene rings is 2. The molecule has 0 aliphatic heterocycles. The predicted molar refractivity (Wildman–Crippen MR) is 111 cm³/mol. The van der Waals surface area contributed by atoms with Crippen molar-refractivity contribution in [2.75, 3.05) is 6.26 Å². The minimum Gasteiger partial charge on any atom is -0.243 e. The van der Waals surface area contributed by atoms with Crippen LogP contribution in [0, 0.1) is 17.6 Å². The molecule has 0 N–H and O–H groups in total. The Bertz CT molecular complexity index is 805. The van der Waals surface area contributed by atoms with Crippen molar-refractivity contribution in [1.82, 2.24) is 0 Å². The zero-order valence-corrected chi connectivity index (χ0v) is 16.3. The van der Waals surface area contributed by atoms with Crippen LogP contribution in [0.25, 0.3) is 0 Å². The lowest BCUT2D eigenvalue weighted by atomic mass is 9.73. The molecule has 1 aliphatic carbocycles. The van der Waals surface area contributed by atoms with Crippen molar-refractivity contribution in [1.29, 1.82) is 0 Å². The standard InChI is InChI=1S/C22H24F2N2S/c1-27-26-15-25-14-19-13-21(23)18(12-22(19)24)11-17-9-5-6-10-20(17)16-7-3-2-4-8-16/h2-4,7-8,12-15,17,20H,5-6,9-11H2,1H3/b25-14+,26-15-. The first-order valence-corrected chi connectivity index (χ1v) is 10.5. The number of hydrogen-bond donors (Lipinski definition) is 0. The van der Waals surface area contributed by atoms with Crippen LogP contribution in [0.3, 0.4) is 0 Å². The second kappa shape index (κ2) is 9.79. The molecule has 27 heavy (non-hydrogen) atoms. The molecule has 0 aromatic heterocycles. The lowest BCUT2D eigenvalue weighted by Crippen LogP contribution is -2.20. The second-order valence-corrected chi connectivity index (χ2v) is 7.49. The van der Waals surface area contributed by atoms with E-state index in [1.54, 1.807) is 6.26 Å². The third-order valence-electron chi connectivity index (χ3n) is 5.22. The van der Waals surface area contributed by atoms with Crippen molar-refractivity contribution >= 4 is 24.5 Å². The topological polar surface area (TPSA) is 24.7 Å². The first-order valence-electron chi connectivity index (χ1n) is 9.30. The molecule has 2 unspecified atom stereocenters. The molecular weight excluding hydrogens is 362 g/mol. The molecule has 2 aromatic carbocycles. The van der Waals surface area contributed by atoms with Crippen LogP contribution < -0.4 is 0 Å². The van der Waals surface area contributed by atoms with Crippen molar-refractivity contribution in [3.8, 4) is 0 Å². The normalized spacial score (nSPS) is 20.6. The van der Waals surface area contributed by atoms with E-state index in [4.69, 9.17) is 0 Å². The fraction of sp³-hybridized carbons (Fsp3) is 0.364. The third-order valence-corrected chi connectivity index (χ3v) is 5.52. The lowest BCUT2D eigenvalue weighted by molar-refractivity contribution is 0.302. The molecule has 0 radical (unpaired) electrons. The summed E-state index contributed by atoms with van der Waals surface area (Å²) in [5.74, 6) is -0.0634. The summed E-state index contributed by atoms with van der Waals surface area (Å²) in [4.78, 5) is 3.89. The molecule has 0 bridgehead atoms. The van der Waals surface area contributed by atoms with Crippen LogP contribution in [0.1, 0.15) is 48.3 Å². The van der Waals surface area contributed by atoms with Gasteiger partial charge in [-0.15, -0.1) is 0 Å². The van der Waals surface area contributed by atoms with Gasteiger partial charge in [0.05, 0.1) is 0 Å². The number of aliphatic imine (C=N–C) groups is 1. The van der Waals surface area contributed by atoms with E-state index in [1.807, 2.05) is 6.07 Å². The van der Waals surface area contributed by atoms with Gasteiger partial charge in [0.15, 0.2) is 0 Å². The Morgan fingerprint density at radius 2 is 1.85 bits per heavy atom. The van der Waals surface area contributed by atoms with Crippen LogP contribution in [0.2, 0.25) is 0 Å². The van der Waals surface area contributed by atoms with Crippen LogP contribution in [-0.4, -0.2) is 18.8 Å². The van der Waals surface area contributed by atoms with E-state index in [9.17, 15) is 8.78 Å². The fourth-order valence-electron chi connectivity index (χ4n) is 3.92. The molecule has 142 valence electrons. The monoisotopic (exact) mass is 386 g/mol. The van der Waals surface area contributed by atoms with Gasteiger partial charge in [0.25, 0.3) is 0 Å².